The lowest BCUT2D eigenvalue weighted by molar-refractivity contribution is -0.126. The molecule has 0 unspecified atom stereocenters. The fourth-order valence-electron chi connectivity index (χ4n) is 3.93. The molecular formula is C25H32N4O5. The minimum absolute atomic E-state index is 0.121. The van der Waals surface area contributed by atoms with Gasteiger partial charge in [0.15, 0.2) is 5.82 Å². The molecule has 3 rings (SSSR count). The Hall–Kier alpha value is -3.62. The second kappa shape index (κ2) is 11.5. The van der Waals surface area contributed by atoms with Crippen LogP contribution in [0.5, 0.6) is 5.75 Å². The Morgan fingerprint density at radius 1 is 1.15 bits per heavy atom. The van der Waals surface area contributed by atoms with Crippen LogP contribution in [-0.4, -0.2) is 40.9 Å². The summed E-state index contributed by atoms with van der Waals surface area (Å²) >= 11 is 0. The highest BCUT2D eigenvalue weighted by atomic mass is 16.5. The van der Waals surface area contributed by atoms with Crippen molar-refractivity contribution in [2.75, 3.05) is 12.4 Å². The van der Waals surface area contributed by atoms with E-state index in [0.717, 1.165) is 35.0 Å². The lowest BCUT2D eigenvalue weighted by Gasteiger charge is -2.18. The number of rotatable bonds is 12. The summed E-state index contributed by atoms with van der Waals surface area (Å²) in [5.41, 5.74) is 2.67. The van der Waals surface area contributed by atoms with Gasteiger partial charge in [0, 0.05) is 29.1 Å². The molecule has 0 fully saturated rings. The molecule has 2 heterocycles. The minimum atomic E-state index is -0.734. The zero-order chi connectivity index (χ0) is 24.7. The van der Waals surface area contributed by atoms with E-state index in [2.05, 4.69) is 20.8 Å². The second-order valence-electron chi connectivity index (χ2n) is 8.55. The van der Waals surface area contributed by atoms with E-state index in [4.69, 9.17) is 9.26 Å². The maximum atomic E-state index is 13.0. The molecule has 182 valence electrons. The molecule has 0 aliphatic heterocycles. The smallest absolute Gasteiger partial charge is 0.248 e. The largest absolute Gasteiger partial charge is 0.497 e. The van der Waals surface area contributed by atoms with E-state index >= 15 is 0 Å². The van der Waals surface area contributed by atoms with Crippen molar-refractivity contribution in [1.82, 2.24) is 15.5 Å². The van der Waals surface area contributed by atoms with Gasteiger partial charge in [0.1, 0.15) is 23.3 Å². The highest BCUT2D eigenvalue weighted by Crippen LogP contribution is 2.27. The number of nitrogens with zero attached hydrogens (tertiary/aromatic N) is 1. The number of nitrogens with one attached hydrogen (secondary N) is 3. The quantitative estimate of drug-likeness (QED) is 0.345. The van der Waals surface area contributed by atoms with Crippen molar-refractivity contribution in [3.05, 3.63) is 41.3 Å². The molecule has 0 saturated carbocycles. The fourth-order valence-corrected chi connectivity index (χ4v) is 3.93. The van der Waals surface area contributed by atoms with E-state index in [1.165, 1.54) is 0 Å². The number of anilines is 1. The third-order valence-corrected chi connectivity index (χ3v) is 5.72. The number of methoxy groups -OCH3 is 1. The van der Waals surface area contributed by atoms with Gasteiger partial charge < -0.3 is 29.7 Å². The zero-order valence-electron chi connectivity index (χ0n) is 20.1. The van der Waals surface area contributed by atoms with Crippen LogP contribution in [0.4, 0.5) is 5.82 Å². The van der Waals surface area contributed by atoms with Gasteiger partial charge >= 0.3 is 0 Å². The first-order valence-corrected chi connectivity index (χ1v) is 11.4. The van der Waals surface area contributed by atoms with Crippen LogP contribution in [0.3, 0.4) is 0 Å². The molecule has 0 spiro atoms. The number of unbranched alkanes of at least 4 members (excludes halogenated alkanes) is 2. The van der Waals surface area contributed by atoms with Gasteiger partial charge in [-0.1, -0.05) is 18.0 Å². The van der Waals surface area contributed by atoms with Crippen LogP contribution >= 0.6 is 0 Å². The molecule has 9 nitrogen and oxygen atoms in total. The van der Waals surface area contributed by atoms with Gasteiger partial charge in [-0.3, -0.25) is 9.59 Å². The molecule has 1 aromatic carbocycles. The number of aromatic amines is 1. The number of hydrogen-bond donors (Lipinski definition) is 3. The lowest BCUT2D eigenvalue weighted by Crippen LogP contribution is -2.44. The number of aromatic nitrogens is 2. The molecule has 9 heteroatoms. The monoisotopic (exact) mass is 468 g/mol. The van der Waals surface area contributed by atoms with E-state index in [0.29, 0.717) is 36.6 Å². The zero-order valence-corrected chi connectivity index (χ0v) is 20.1. The summed E-state index contributed by atoms with van der Waals surface area (Å²) in [7, 11) is 1.60. The summed E-state index contributed by atoms with van der Waals surface area (Å²) in [6.45, 7) is 5.22. The highest BCUT2D eigenvalue weighted by Gasteiger charge is 2.23. The summed E-state index contributed by atoms with van der Waals surface area (Å²) in [4.78, 5) is 40.4. The Balaban J connectivity index is 1.69. The minimum Gasteiger partial charge on any atom is -0.497 e. The summed E-state index contributed by atoms with van der Waals surface area (Å²) in [6.07, 6.45) is 3.35. The highest BCUT2D eigenvalue weighted by molar-refractivity contribution is 5.97. The van der Waals surface area contributed by atoms with E-state index in [1.807, 2.05) is 25.1 Å². The Labute approximate surface area is 198 Å². The Bertz CT molecular complexity index is 1160. The molecular weight excluding hydrogens is 436 g/mol. The van der Waals surface area contributed by atoms with Crippen LogP contribution in [0.25, 0.3) is 10.9 Å². The van der Waals surface area contributed by atoms with Crippen molar-refractivity contribution in [2.24, 2.45) is 0 Å². The first kappa shape index (κ1) is 25.0. The number of benzene rings is 1. The van der Waals surface area contributed by atoms with Gasteiger partial charge in [-0.2, -0.15) is 0 Å². The third kappa shape index (κ3) is 6.69. The number of Topliss-reactive ketones (excluding diaryl/α,β-unsaturated/α-hetero) is 1. The standard InChI is InChI=1S/C25H32N4O5/c1-15(30)8-6-5-7-9-22(25(32)28-23-12-16(2)34-29-23)27-24(31)14-19-17(3)26-21-11-10-18(33-4)13-20(19)21/h10-13,22,26H,5-9,14H2,1-4H3,(H,27,31)(H,28,29,32)/t22-/m0/s1. The van der Waals surface area contributed by atoms with Crippen LogP contribution in [-0.2, 0) is 20.8 Å². The van der Waals surface area contributed by atoms with Crippen molar-refractivity contribution in [3.63, 3.8) is 0 Å². The second-order valence-corrected chi connectivity index (χ2v) is 8.55. The van der Waals surface area contributed by atoms with Crippen molar-refractivity contribution in [2.45, 2.75) is 65.3 Å². The number of hydrogen-bond acceptors (Lipinski definition) is 6. The molecule has 0 aliphatic rings. The lowest BCUT2D eigenvalue weighted by atomic mass is 10.0. The van der Waals surface area contributed by atoms with E-state index < -0.39 is 6.04 Å². The molecule has 3 aromatic rings. The number of H-pyrrole nitrogens is 1. The third-order valence-electron chi connectivity index (χ3n) is 5.72. The maximum Gasteiger partial charge on any atom is 0.248 e. The van der Waals surface area contributed by atoms with Crippen LogP contribution in [0.2, 0.25) is 0 Å². The average molecular weight is 469 g/mol. The molecule has 0 aliphatic carbocycles. The number of ether oxygens (including phenoxy) is 1. The van der Waals surface area contributed by atoms with Crippen LogP contribution in [0.1, 0.15) is 56.0 Å². The summed E-state index contributed by atoms with van der Waals surface area (Å²) in [5, 5.41) is 10.3. The normalized spacial score (nSPS) is 11.9. The Morgan fingerprint density at radius 3 is 2.62 bits per heavy atom. The van der Waals surface area contributed by atoms with Gasteiger partial charge in [0.05, 0.1) is 13.5 Å². The molecule has 0 radical (unpaired) electrons. The Morgan fingerprint density at radius 2 is 1.94 bits per heavy atom. The van der Waals surface area contributed by atoms with Gasteiger partial charge in [-0.05, 0) is 57.4 Å². The number of carbonyl (C=O) groups excluding carboxylic acids is 3. The van der Waals surface area contributed by atoms with Gasteiger partial charge in [0.25, 0.3) is 0 Å². The summed E-state index contributed by atoms with van der Waals surface area (Å²) < 4.78 is 10.3. The van der Waals surface area contributed by atoms with Gasteiger partial charge in [-0.15, -0.1) is 0 Å². The molecule has 2 amide bonds. The SMILES string of the molecule is COc1ccc2[nH]c(C)c(CC(=O)N[C@@H](CCCCCC(C)=O)C(=O)Nc3cc(C)on3)c2c1. The molecule has 2 aromatic heterocycles. The summed E-state index contributed by atoms with van der Waals surface area (Å²) in [6, 6.07) is 6.56. The van der Waals surface area contributed by atoms with Crippen molar-refractivity contribution in [1.29, 1.82) is 0 Å². The number of aryl methyl sites for hydroxylation is 2. The van der Waals surface area contributed by atoms with Crippen LogP contribution < -0.4 is 15.4 Å². The number of fused-ring (bicyclic) bond motifs is 1. The van der Waals surface area contributed by atoms with E-state index in [1.54, 1.807) is 27.0 Å². The maximum absolute atomic E-state index is 13.0. The van der Waals surface area contributed by atoms with Crippen molar-refractivity contribution in [3.8, 4) is 5.75 Å². The average Bonchev–Trinajstić information content (AvgIpc) is 3.34. The first-order valence-electron chi connectivity index (χ1n) is 11.4. The molecule has 3 N–H and O–H groups in total. The predicted octanol–water partition coefficient (Wildman–Crippen LogP) is 3.99. The number of carbonyl (C=O) groups is 3. The predicted molar refractivity (Wildman–Crippen MR) is 129 cm³/mol. The van der Waals surface area contributed by atoms with Crippen molar-refractivity contribution >= 4 is 34.3 Å². The fraction of sp³-hybridized carbons (Fsp3) is 0.440. The molecule has 1 atom stereocenters. The van der Waals surface area contributed by atoms with Crippen LogP contribution in [0, 0.1) is 13.8 Å². The molecule has 34 heavy (non-hydrogen) atoms. The number of ketones is 1. The summed E-state index contributed by atoms with van der Waals surface area (Å²) in [5.74, 6) is 1.12. The van der Waals surface area contributed by atoms with Crippen LogP contribution in [0.15, 0.2) is 28.8 Å². The topological polar surface area (TPSA) is 126 Å². The number of amides is 2. The van der Waals surface area contributed by atoms with E-state index in [9.17, 15) is 14.4 Å². The van der Waals surface area contributed by atoms with Gasteiger partial charge in [-0.25, -0.2) is 0 Å². The molecule has 0 bridgehead atoms. The molecule has 0 saturated heterocycles. The Kier molecular flexibility index (Phi) is 8.45. The van der Waals surface area contributed by atoms with E-state index in [-0.39, 0.29) is 24.0 Å². The van der Waals surface area contributed by atoms with Gasteiger partial charge in [0.2, 0.25) is 11.8 Å². The van der Waals surface area contributed by atoms with Crippen molar-refractivity contribution < 1.29 is 23.6 Å². The first-order chi connectivity index (χ1) is 16.3.